The molecule has 5 rings (SSSR count). The van der Waals surface area contributed by atoms with Crippen LogP contribution in [0, 0.1) is 11.7 Å². The number of alkyl halides is 4. The van der Waals surface area contributed by atoms with Gasteiger partial charge in [0.1, 0.15) is 22.4 Å². The minimum absolute atomic E-state index is 0.0198. The highest BCUT2D eigenvalue weighted by molar-refractivity contribution is 8.15. The van der Waals surface area contributed by atoms with Crippen LogP contribution in [-0.4, -0.2) is 68.5 Å². The Kier molecular flexibility index (Phi) is 6.80. The molecule has 2 N–H and O–H groups in total. The molecule has 1 aromatic heterocycles. The van der Waals surface area contributed by atoms with Crippen molar-refractivity contribution in [1.29, 1.82) is 0 Å². The summed E-state index contributed by atoms with van der Waals surface area (Å²) >= 11 is 1.13. The van der Waals surface area contributed by atoms with Gasteiger partial charge in [-0.05, 0) is 37.5 Å². The number of hydrogen-bond acceptors (Lipinski definition) is 8. The summed E-state index contributed by atoms with van der Waals surface area (Å²) in [7, 11) is 0. The summed E-state index contributed by atoms with van der Waals surface area (Å²) in [5.74, 6) is -2.08. The van der Waals surface area contributed by atoms with Gasteiger partial charge in [-0.1, -0.05) is 17.8 Å². The maximum absolute atomic E-state index is 15.2. The van der Waals surface area contributed by atoms with Gasteiger partial charge >= 0.3 is 6.18 Å². The van der Waals surface area contributed by atoms with Crippen molar-refractivity contribution in [2.75, 3.05) is 19.7 Å². The van der Waals surface area contributed by atoms with Crippen LogP contribution < -0.4 is 10.5 Å². The van der Waals surface area contributed by atoms with E-state index in [2.05, 4.69) is 19.7 Å². The number of carbonyl (C=O) groups is 2. The molecule has 0 unspecified atom stereocenters. The van der Waals surface area contributed by atoms with Crippen LogP contribution in [0.15, 0.2) is 35.6 Å². The van der Waals surface area contributed by atoms with Crippen LogP contribution in [0.5, 0.6) is 5.88 Å². The molecule has 0 spiro atoms. The highest BCUT2D eigenvalue weighted by Gasteiger charge is 2.71. The molecule has 3 heterocycles. The third kappa shape index (κ3) is 5.30. The molecule has 0 bridgehead atoms. The fraction of sp³-hybridized carbons (Fsp3) is 0.480. The van der Waals surface area contributed by atoms with Crippen molar-refractivity contribution < 1.29 is 36.3 Å². The van der Waals surface area contributed by atoms with E-state index in [9.17, 15) is 27.2 Å². The molecular weight excluding hydrogens is 545 g/mol. The lowest BCUT2D eigenvalue weighted by molar-refractivity contribution is -0.154. The maximum atomic E-state index is 15.2. The SMILES string of the molecule is C[C@]1(c2cc(CC(=O)c3cnc(OCC(F)(F)F)cn3)ccc2F)N=C(N)S[C@@]2(C(=O)N3CC[C@@H](F)C3)C[C@H]21. The van der Waals surface area contributed by atoms with Crippen molar-refractivity contribution in [3.63, 3.8) is 0 Å². The number of nitrogens with two attached hydrogens (primary N) is 1. The first-order valence-electron chi connectivity index (χ1n) is 12.1. The number of ether oxygens (including phenoxy) is 1. The highest BCUT2D eigenvalue weighted by atomic mass is 32.2. The van der Waals surface area contributed by atoms with Crippen molar-refractivity contribution in [3.05, 3.63) is 53.2 Å². The monoisotopic (exact) mass is 569 g/mol. The largest absolute Gasteiger partial charge is 0.467 e. The number of thioether (sulfide) groups is 1. The normalized spacial score (nSPS) is 28.1. The van der Waals surface area contributed by atoms with Gasteiger partial charge in [-0.3, -0.25) is 14.6 Å². The maximum Gasteiger partial charge on any atom is 0.422 e. The van der Waals surface area contributed by atoms with E-state index in [1.54, 1.807) is 6.92 Å². The predicted octanol–water partition coefficient (Wildman–Crippen LogP) is 3.59. The topological polar surface area (TPSA) is 111 Å². The van der Waals surface area contributed by atoms with Gasteiger partial charge in [-0.25, -0.2) is 18.7 Å². The Labute approximate surface area is 224 Å². The fourth-order valence-corrected chi connectivity index (χ4v) is 6.71. The zero-order valence-electron chi connectivity index (χ0n) is 20.7. The van der Waals surface area contributed by atoms with E-state index in [1.807, 2.05) is 0 Å². The van der Waals surface area contributed by atoms with Crippen molar-refractivity contribution in [2.45, 2.75) is 48.8 Å². The molecule has 0 radical (unpaired) electrons. The number of nitrogens with zero attached hydrogens (tertiary/aromatic N) is 4. The summed E-state index contributed by atoms with van der Waals surface area (Å²) < 4.78 is 69.4. The molecule has 14 heteroatoms. The third-order valence-corrected chi connectivity index (χ3v) is 8.53. The molecule has 2 aromatic rings. The lowest BCUT2D eigenvalue weighted by Gasteiger charge is -2.35. The van der Waals surface area contributed by atoms with Crippen molar-refractivity contribution in [1.82, 2.24) is 14.9 Å². The van der Waals surface area contributed by atoms with E-state index in [0.717, 1.165) is 24.2 Å². The molecule has 208 valence electrons. The van der Waals surface area contributed by atoms with E-state index >= 15 is 4.39 Å². The number of benzene rings is 1. The quantitative estimate of drug-likeness (QED) is 0.401. The van der Waals surface area contributed by atoms with Crippen LogP contribution in [0.3, 0.4) is 0 Å². The molecule has 1 amide bonds. The van der Waals surface area contributed by atoms with E-state index < -0.39 is 40.8 Å². The predicted molar refractivity (Wildman–Crippen MR) is 132 cm³/mol. The summed E-state index contributed by atoms with van der Waals surface area (Å²) in [5.41, 5.74) is 5.42. The number of rotatable bonds is 7. The average Bonchev–Trinajstić information content (AvgIpc) is 3.48. The van der Waals surface area contributed by atoms with Gasteiger partial charge in [0.25, 0.3) is 0 Å². The first kappa shape index (κ1) is 27.3. The number of Topliss-reactive ketones (excluding diaryl/α,β-unsaturated/α-hetero) is 1. The fourth-order valence-electron chi connectivity index (χ4n) is 5.26. The van der Waals surface area contributed by atoms with Crippen LogP contribution in [0.25, 0.3) is 0 Å². The number of likely N-dealkylation sites (tertiary alicyclic amines) is 1. The smallest absolute Gasteiger partial charge is 0.422 e. The number of hydrogen-bond donors (Lipinski definition) is 1. The zero-order valence-corrected chi connectivity index (χ0v) is 21.5. The van der Waals surface area contributed by atoms with Crippen LogP contribution in [0.2, 0.25) is 0 Å². The third-order valence-electron chi connectivity index (χ3n) is 7.24. The first-order valence-corrected chi connectivity index (χ1v) is 12.9. The summed E-state index contributed by atoms with van der Waals surface area (Å²) in [6.45, 7) is 0.481. The van der Waals surface area contributed by atoms with Crippen molar-refractivity contribution in [3.8, 4) is 5.88 Å². The second-order valence-corrected chi connectivity index (χ2v) is 11.4. The molecule has 3 aliphatic rings. The van der Waals surface area contributed by atoms with Crippen molar-refractivity contribution in [2.24, 2.45) is 16.6 Å². The summed E-state index contributed by atoms with van der Waals surface area (Å²) in [6, 6.07) is 4.13. The Morgan fingerprint density at radius 2 is 2.03 bits per heavy atom. The number of halogens is 5. The highest BCUT2D eigenvalue weighted by Crippen LogP contribution is 2.66. The number of aliphatic imine (C=N–C) groups is 1. The second-order valence-electron chi connectivity index (χ2n) is 10.0. The summed E-state index contributed by atoms with van der Waals surface area (Å²) in [4.78, 5) is 39.7. The molecule has 2 aliphatic heterocycles. The van der Waals surface area contributed by atoms with E-state index in [-0.39, 0.29) is 53.5 Å². The van der Waals surface area contributed by atoms with Gasteiger partial charge < -0.3 is 15.4 Å². The Bertz CT molecular complexity index is 1340. The molecule has 1 aromatic carbocycles. The number of amides is 1. The lowest BCUT2D eigenvalue weighted by atomic mass is 9.84. The van der Waals surface area contributed by atoms with Gasteiger partial charge in [0.2, 0.25) is 11.8 Å². The van der Waals surface area contributed by atoms with E-state index in [4.69, 9.17) is 5.73 Å². The van der Waals surface area contributed by atoms with Crippen LogP contribution in [0.1, 0.15) is 41.4 Å². The molecule has 4 atom stereocenters. The molecule has 39 heavy (non-hydrogen) atoms. The van der Waals surface area contributed by atoms with Gasteiger partial charge in [-0.15, -0.1) is 0 Å². The first-order chi connectivity index (χ1) is 18.3. The number of aromatic nitrogens is 2. The number of carbonyl (C=O) groups excluding carboxylic acids is 2. The van der Waals surface area contributed by atoms with Gasteiger partial charge in [0.15, 0.2) is 17.6 Å². The molecule has 8 nitrogen and oxygen atoms in total. The molecule has 2 fully saturated rings. The Morgan fingerprint density at radius 1 is 1.26 bits per heavy atom. The van der Waals surface area contributed by atoms with Gasteiger partial charge in [0, 0.05) is 24.4 Å². The summed E-state index contributed by atoms with van der Waals surface area (Å²) in [5, 5.41) is 0.125. The van der Waals surface area contributed by atoms with Gasteiger partial charge in [-0.2, -0.15) is 13.2 Å². The van der Waals surface area contributed by atoms with Crippen LogP contribution in [-0.2, 0) is 16.8 Å². The number of amidine groups is 1. The summed E-state index contributed by atoms with van der Waals surface area (Å²) in [6.07, 6.45) is -3.22. The Balaban J connectivity index is 1.34. The lowest BCUT2D eigenvalue weighted by Crippen LogP contribution is -2.45. The standard InChI is InChI=1S/C25H24F5N5O3S/c1-23(19-8-24(19,39-22(31)34-23)21(37)35-5-4-14(26)11-35)15-6-13(2-3-16(15)27)7-18(36)17-9-33-20(10-32-17)38-12-25(28,29)30/h2-3,6,9-10,14,19H,4-5,7-8,11-12H2,1H3,(H2,31,34)/t14-,19+,23-,24+/m1/s1. The number of ketones is 1. The van der Waals surface area contributed by atoms with Crippen molar-refractivity contribution >= 4 is 28.6 Å². The van der Waals surface area contributed by atoms with E-state index in [1.165, 1.54) is 23.1 Å². The van der Waals surface area contributed by atoms with Crippen LogP contribution >= 0.6 is 11.8 Å². The minimum atomic E-state index is -4.54. The molecule has 1 saturated heterocycles. The second kappa shape index (κ2) is 9.72. The van der Waals surface area contributed by atoms with Crippen LogP contribution in [0.4, 0.5) is 22.0 Å². The average molecular weight is 570 g/mol. The molecular formula is C25H24F5N5O3S. The minimum Gasteiger partial charge on any atom is -0.467 e. The molecule has 1 saturated carbocycles. The number of fused-ring (bicyclic) bond motifs is 1. The van der Waals surface area contributed by atoms with E-state index in [0.29, 0.717) is 18.5 Å². The Morgan fingerprint density at radius 3 is 2.67 bits per heavy atom. The van der Waals surface area contributed by atoms with Gasteiger partial charge in [0.05, 0.1) is 24.5 Å². The molecule has 1 aliphatic carbocycles. The Hall–Kier alpha value is -3.29. The zero-order chi connectivity index (χ0) is 28.2.